The highest BCUT2D eigenvalue weighted by molar-refractivity contribution is 5.89. The van der Waals surface area contributed by atoms with Crippen LogP contribution in [-0.4, -0.2) is 31.6 Å². The Bertz CT molecular complexity index is 584. The van der Waals surface area contributed by atoms with Gasteiger partial charge in [0.2, 0.25) is 0 Å². The molecular formula is C17H20N2O2. The second-order valence-electron chi connectivity index (χ2n) is 4.82. The van der Waals surface area contributed by atoms with E-state index >= 15 is 0 Å². The van der Waals surface area contributed by atoms with Crippen molar-refractivity contribution in [3.8, 4) is 5.75 Å². The van der Waals surface area contributed by atoms with E-state index < -0.39 is 0 Å². The summed E-state index contributed by atoms with van der Waals surface area (Å²) >= 11 is 0. The van der Waals surface area contributed by atoms with Crippen LogP contribution in [0, 0.1) is 0 Å². The smallest absolute Gasteiger partial charge is 0.321 e. The Morgan fingerprint density at radius 3 is 2.62 bits per heavy atom. The van der Waals surface area contributed by atoms with Crippen molar-refractivity contribution >= 4 is 11.7 Å². The highest BCUT2D eigenvalue weighted by Crippen LogP contribution is 2.17. The van der Waals surface area contributed by atoms with E-state index in [2.05, 4.69) is 17.4 Å². The van der Waals surface area contributed by atoms with E-state index in [0.717, 1.165) is 17.9 Å². The van der Waals surface area contributed by atoms with Gasteiger partial charge in [-0.05, 0) is 24.1 Å². The second-order valence-corrected chi connectivity index (χ2v) is 4.82. The number of likely N-dealkylation sites (N-methyl/N-ethyl adjacent to an activating group) is 1. The molecule has 110 valence electrons. The molecule has 0 atom stereocenters. The van der Waals surface area contributed by atoms with Crippen molar-refractivity contribution in [3.63, 3.8) is 0 Å². The number of hydrogen-bond donors (Lipinski definition) is 1. The fourth-order valence-corrected chi connectivity index (χ4v) is 1.96. The van der Waals surface area contributed by atoms with Crippen molar-refractivity contribution in [2.75, 3.05) is 26.0 Å². The number of urea groups is 1. The van der Waals surface area contributed by atoms with E-state index in [0.29, 0.717) is 6.54 Å². The molecule has 2 aromatic rings. The summed E-state index contributed by atoms with van der Waals surface area (Å²) in [6.45, 7) is 0.666. The van der Waals surface area contributed by atoms with E-state index in [1.54, 1.807) is 25.1 Å². The van der Waals surface area contributed by atoms with E-state index in [9.17, 15) is 4.79 Å². The quantitative estimate of drug-likeness (QED) is 0.914. The van der Waals surface area contributed by atoms with Gasteiger partial charge >= 0.3 is 6.03 Å². The molecule has 21 heavy (non-hydrogen) atoms. The maximum Gasteiger partial charge on any atom is 0.321 e. The van der Waals surface area contributed by atoms with Crippen LogP contribution in [0.25, 0.3) is 0 Å². The summed E-state index contributed by atoms with van der Waals surface area (Å²) in [4.78, 5) is 13.8. The third-order valence-corrected chi connectivity index (χ3v) is 3.25. The molecule has 2 aromatic carbocycles. The van der Waals surface area contributed by atoms with Gasteiger partial charge in [0.1, 0.15) is 5.75 Å². The number of benzene rings is 2. The topological polar surface area (TPSA) is 41.6 Å². The van der Waals surface area contributed by atoms with Crippen molar-refractivity contribution < 1.29 is 9.53 Å². The molecule has 4 heteroatoms. The standard InChI is InChI=1S/C17H20N2O2/c1-19(12-11-14-7-4-3-5-8-14)17(20)18-15-9-6-10-16(13-15)21-2/h3-10,13H,11-12H2,1-2H3,(H,18,20). The molecule has 0 aromatic heterocycles. The summed E-state index contributed by atoms with van der Waals surface area (Å²) in [5.74, 6) is 0.722. The Hall–Kier alpha value is -2.49. The van der Waals surface area contributed by atoms with E-state index in [-0.39, 0.29) is 6.03 Å². The Balaban J connectivity index is 1.87. The van der Waals surface area contributed by atoms with E-state index in [1.165, 1.54) is 5.56 Å². The van der Waals surface area contributed by atoms with Gasteiger partial charge in [-0.15, -0.1) is 0 Å². The molecule has 0 aliphatic rings. The van der Waals surface area contributed by atoms with E-state index in [4.69, 9.17) is 4.74 Å². The van der Waals surface area contributed by atoms with Crippen LogP contribution in [0.5, 0.6) is 5.75 Å². The number of amides is 2. The van der Waals surface area contributed by atoms with Crippen LogP contribution in [0.1, 0.15) is 5.56 Å². The largest absolute Gasteiger partial charge is 0.497 e. The van der Waals surface area contributed by atoms with Crippen LogP contribution >= 0.6 is 0 Å². The number of carbonyl (C=O) groups excluding carboxylic acids is 1. The fraction of sp³-hybridized carbons (Fsp3) is 0.235. The molecule has 0 saturated carbocycles. The Labute approximate surface area is 125 Å². The Morgan fingerprint density at radius 2 is 1.90 bits per heavy atom. The molecule has 2 amide bonds. The highest BCUT2D eigenvalue weighted by atomic mass is 16.5. The van der Waals surface area contributed by atoms with Gasteiger partial charge in [-0.25, -0.2) is 4.79 Å². The number of carbonyl (C=O) groups is 1. The number of ether oxygens (including phenoxy) is 1. The summed E-state index contributed by atoms with van der Waals surface area (Å²) < 4.78 is 5.14. The van der Waals surface area contributed by atoms with Gasteiger partial charge in [-0.3, -0.25) is 0 Å². The molecule has 1 N–H and O–H groups in total. The van der Waals surface area contributed by atoms with Crippen LogP contribution in [0.4, 0.5) is 10.5 Å². The Morgan fingerprint density at radius 1 is 1.14 bits per heavy atom. The van der Waals surface area contributed by atoms with Gasteiger partial charge in [0, 0.05) is 25.3 Å². The maximum atomic E-state index is 12.1. The monoisotopic (exact) mass is 284 g/mol. The van der Waals surface area contributed by atoms with Crippen LogP contribution in [0.15, 0.2) is 54.6 Å². The number of rotatable bonds is 5. The molecule has 0 aliphatic carbocycles. The molecule has 0 bridgehead atoms. The minimum absolute atomic E-state index is 0.126. The lowest BCUT2D eigenvalue weighted by Gasteiger charge is -2.18. The molecule has 0 spiro atoms. The average molecular weight is 284 g/mol. The van der Waals surface area contributed by atoms with Gasteiger partial charge in [-0.1, -0.05) is 36.4 Å². The number of nitrogens with zero attached hydrogens (tertiary/aromatic N) is 1. The molecule has 0 fully saturated rings. The maximum absolute atomic E-state index is 12.1. The second kappa shape index (κ2) is 7.33. The molecule has 0 aliphatic heterocycles. The third kappa shape index (κ3) is 4.53. The first-order valence-corrected chi connectivity index (χ1v) is 6.89. The molecule has 0 unspecified atom stereocenters. The average Bonchev–Trinajstić information content (AvgIpc) is 2.53. The molecule has 0 heterocycles. The van der Waals surface area contributed by atoms with Crippen molar-refractivity contribution in [2.45, 2.75) is 6.42 Å². The summed E-state index contributed by atoms with van der Waals surface area (Å²) in [6, 6.07) is 17.3. The minimum Gasteiger partial charge on any atom is -0.497 e. The normalized spacial score (nSPS) is 10.0. The molecule has 4 nitrogen and oxygen atoms in total. The van der Waals surface area contributed by atoms with Crippen molar-refractivity contribution in [1.82, 2.24) is 4.90 Å². The lowest BCUT2D eigenvalue weighted by molar-refractivity contribution is 0.223. The third-order valence-electron chi connectivity index (χ3n) is 3.25. The zero-order valence-corrected chi connectivity index (χ0v) is 12.4. The number of methoxy groups -OCH3 is 1. The minimum atomic E-state index is -0.126. The van der Waals surface area contributed by atoms with Crippen LogP contribution in [0.3, 0.4) is 0 Å². The van der Waals surface area contributed by atoms with Gasteiger partial charge in [0.25, 0.3) is 0 Å². The fourth-order valence-electron chi connectivity index (χ4n) is 1.96. The summed E-state index contributed by atoms with van der Waals surface area (Å²) in [5, 5.41) is 2.86. The first-order chi connectivity index (χ1) is 10.2. The zero-order chi connectivity index (χ0) is 15.1. The molecular weight excluding hydrogens is 264 g/mol. The summed E-state index contributed by atoms with van der Waals surface area (Å²) in [7, 11) is 3.39. The SMILES string of the molecule is COc1cccc(NC(=O)N(C)CCc2ccccc2)c1. The predicted octanol–water partition coefficient (Wildman–Crippen LogP) is 3.40. The van der Waals surface area contributed by atoms with Crippen molar-refractivity contribution in [2.24, 2.45) is 0 Å². The summed E-state index contributed by atoms with van der Waals surface area (Å²) in [6.07, 6.45) is 0.836. The van der Waals surface area contributed by atoms with Crippen molar-refractivity contribution in [3.05, 3.63) is 60.2 Å². The predicted molar refractivity (Wildman–Crippen MR) is 84.8 cm³/mol. The number of hydrogen-bond acceptors (Lipinski definition) is 2. The molecule has 0 radical (unpaired) electrons. The lowest BCUT2D eigenvalue weighted by Crippen LogP contribution is -2.32. The zero-order valence-electron chi connectivity index (χ0n) is 12.4. The van der Waals surface area contributed by atoms with Crippen LogP contribution in [-0.2, 0) is 6.42 Å². The lowest BCUT2D eigenvalue weighted by atomic mass is 10.1. The molecule has 0 saturated heterocycles. The first kappa shape index (κ1) is 14.9. The van der Waals surface area contributed by atoms with Gasteiger partial charge in [0.15, 0.2) is 0 Å². The number of anilines is 1. The number of nitrogens with one attached hydrogen (secondary N) is 1. The van der Waals surface area contributed by atoms with Gasteiger partial charge in [-0.2, -0.15) is 0 Å². The van der Waals surface area contributed by atoms with Crippen LogP contribution < -0.4 is 10.1 Å². The first-order valence-electron chi connectivity index (χ1n) is 6.89. The molecule has 2 rings (SSSR count). The highest BCUT2D eigenvalue weighted by Gasteiger charge is 2.09. The van der Waals surface area contributed by atoms with E-state index in [1.807, 2.05) is 36.4 Å². The Kier molecular flexibility index (Phi) is 5.21. The van der Waals surface area contributed by atoms with Crippen LogP contribution in [0.2, 0.25) is 0 Å². The van der Waals surface area contributed by atoms with Gasteiger partial charge in [0.05, 0.1) is 7.11 Å². The van der Waals surface area contributed by atoms with Crippen molar-refractivity contribution in [1.29, 1.82) is 0 Å². The van der Waals surface area contributed by atoms with Gasteiger partial charge < -0.3 is 15.0 Å². The summed E-state index contributed by atoms with van der Waals surface area (Å²) in [5.41, 5.74) is 1.95.